The van der Waals surface area contributed by atoms with Gasteiger partial charge in [0.25, 0.3) is 5.69 Å². The second-order valence-corrected chi connectivity index (χ2v) is 6.73. The Balaban J connectivity index is 2.87. The zero-order valence-electron chi connectivity index (χ0n) is 11.8. The van der Waals surface area contributed by atoms with E-state index in [1.807, 2.05) is 0 Å². The van der Waals surface area contributed by atoms with Crippen molar-refractivity contribution in [1.82, 2.24) is 0 Å². The fraction of sp³-hybridized carbons (Fsp3) is 0.571. The van der Waals surface area contributed by atoms with E-state index in [1.54, 1.807) is 19.2 Å². The van der Waals surface area contributed by atoms with E-state index >= 15 is 0 Å². The summed E-state index contributed by atoms with van der Waals surface area (Å²) in [5.74, 6) is 0.708. The van der Waals surface area contributed by atoms with Crippen LogP contribution in [0.5, 0.6) is 5.75 Å². The van der Waals surface area contributed by atoms with Gasteiger partial charge in [-0.1, -0.05) is 36.7 Å². The van der Waals surface area contributed by atoms with Crippen molar-refractivity contribution in [3.8, 4) is 5.75 Å². The molecule has 0 saturated carbocycles. The van der Waals surface area contributed by atoms with E-state index in [9.17, 15) is 10.1 Å². The number of aryl methyl sites for hydroxylation is 1. The lowest BCUT2D eigenvalue weighted by Gasteiger charge is -2.25. The van der Waals surface area contributed by atoms with Gasteiger partial charge in [-0.2, -0.15) is 0 Å². The smallest absolute Gasteiger partial charge is 0.269 e. The van der Waals surface area contributed by atoms with Crippen LogP contribution in [-0.4, -0.2) is 16.9 Å². The van der Waals surface area contributed by atoms with Crippen LogP contribution in [0.1, 0.15) is 32.8 Å². The van der Waals surface area contributed by atoms with E-state index < -0.39 is 0 Å². The molecule has 106 valence electrons. The Morgan fingerprint density at radius 3 is 2.53 bits per heavy atom. The van der Waals surface area contributed by atoms with Crippen LogP contribution in [0.25, 0.3) is 0 Å². The van der Waals surface area contributed by atoms with Gasteiger partial charge in [0.15, 0.2) is 0 Å². The van der Waals surface area contributed by atoms with Gasteiger partial charge in [0.1, 0.15) is 5.75 Å². The Morgan fingerprint density at radius 2 is 2.05 bits per heavy atom. The quantitative estimate of drug-likeness (QED) is 0.458. The average molecular weight is 330 g/mol. The number of benzene rings is 1. The van der Waals surface area contributed by atoms with Gasteiger partial charge < -0.3 is 4.74 Å². The second kappa shape index (κ2) is 6.37. The van der Waals surface area contributed by atoms with Crippen molar-refractivity contribution < 1.29 is 9.66 Å². The number of ether oxygens (including phenoxy) is 1. The average Bonchev–Trinajstić information content (AvgIpc) is 2.34. The van der Waals surface area contributed by atoms with Crippen molar-refractivity contribution in [2.45, 2.75) is 38.4 Å². The summed E-state index contributed by atoms with van der Waals surface area (Å²) in [6.07, 6.45) is 1.65. The molecule has 0 aliphatic heterocycles. The molecule has 1 aromatic carbocycles. The predicted molar refractivity (Wildman–Crippen MR) is 80.1 cm³/mol. The van der Waals surface area contributed by atoms with Crippen molar-refractivity contribution in [2.75, 3.05) is 7.11 Å². The van der Waals surface area contributed by atoms with E-state index in [2.05, 4.69) is 36.7 Å². The summed E-state index contributed by atoms with van der Waals surface area (Å²) in [6.45, 7) is 6.49. The van der Waals surface area contributed by atoms with E-state index in [4.69, 9.17) is 4.74 Å². The number of non-ortho nitro benzene ring substituents is 1. The molecule has 1 rings (SSSR count). The predicted octanol–water partition coefficient (Wildman–Crippen LogP) is 4.35. The Bertz CT molecular complexity index is 454. The highest BCUT2D eigenvalue weighted by Crippen LogP contribution is 2.32. The molecule has 0 heterocycles. The van der Waals surface area contributed by atoms with Gasteiger partial charge in [0.2, 0.25) is 0 Å². The molecule has 0 bridgehead atoms. The van der Waals surface area contributed by atoms with Gasteiger partial charge in [-0.3, -0.25) is 10.1 Å². The van der Waals surface area contributed by atoms with Crippen molar-refractivity contribution in [1.29, 1.82) is 0 Å². The summed E-state index contributed by atoms with van der Waals surface area (Å²) in [6, 6.07) is 4.73. The number of methoxy groups -OCH3 is 1. The molecule has 0 spiro atoms. The minimum Gasteiger partial charge on any atom is -0.496 e. The lowest BCUT2D eigenvalue weighted by atomic mass is 9.88. The maximum atomic E-state index is 10.8. The van der Waals surface area contributed by atoms with Crippen LogP contribution < -0.4 is 4.74 Å². The van der Waals surface area contributed by atoms with Gasteiger partial charge in [0, 0.05) is 22.5 Å². The van der Waals surface area contributed by atoms with Crippen molar-refractivity contribution in [3.63, 3.8) is 0 Å². The molecular formula is C14H20BrNO3. The molecule has 1 unspecified atom stereocenters. The Labute approximate surface area is 122 Å². The Kier molecular flexibility index (Phi) is 5.35. The van der Waals surface area contributed by atoms with Gasteiger partial charge in [-0.15, -0.1) is 0 Å². The third-order valence-corrected chi connectivity index (χ3v) is 4.91. The van der Waals surface area contributed by atoms with Crippen LogP contribution in [0.4, 0.5) is 5.69 Å². The van der Waals surface area contributed by atoms with Crippen LogP contribution in [0.3, 0.4) is 0 Å². The lowest BCUT2D eigenvalue weighted by Crippen LogP contribution is -2.20. The van der Waals surface area contributed by atoms with E-state index in [0.717, 1.165) is 18.4 Å². The standard InChI is InChI=1S/C14H20BrNO3/c1-14(2,3)13(15)8-5-10-9-11(16(17)18)6-7-12(10)19-4/h6-7,9,13H,5,8H2,1-4H3. The summed E-state index contributed by atoms with van der Waals surface area (Å²) in [7, 11) is 1.58. The number of nitro groups is 1. The van der Waals surface area contributed by atoms with Crippen LogP contribution in [0.2, 0.25) is 0 Å². The number of rotatable bonds is 5. The molecule has 0 fully saturated rings. The number of nitro benzene ring substituents is 1. The molecule has 0 aliphatic rings. The first-order valence-electron chi connectivity index (χ1n) is 6.21. The maximum Gasteiger partial charge on any atom is 0.269 e. The molecule has 1 aromatic rings. The van der Waals surface area contributed by atoms with Crippen LogP contribution >= 0.6 is 15.9 Å². The lowest BCUT2D eigenvalue weighted by molar-refractivity contribution is -0.384. The fourth-order valence-electron chi connectivity index (χ4n) is 1.79. The van der Waals surface area contributed by atoms with Crippen molar-refractivity contribution >= 4 is 21.6 Å². The molecule has 1 atom stereocenters. The minimum atomic E-state index is -0.377. The summed E-state index contributed by atoms with van der Waals surface area (Å²) < 4.78 is 5.26. The van der Waals surface area contributed by atoms with Gasteiger partial charge >= 0.3 is 0 Å². The first-order chi connectivity index (χ1) is 8.75. The van der Waals surface area contributed by atoms with Crippen molar-refractivity contribution in [3.05, 3.63) is 33.9 Å². The van der Waals surface area contributed by atoms with Crippen LogP contribution in [0.15, 0.2) is 18.2 Å². The van der Waals surface area contributed by atoms with E-state index in [-0.39, 0.29) is 16.0 Å². The number of nitrogens with zero attached hydrogens (tertiary/aromatic N) is 1. The minimum absolute atomic E-state index is 0.109. The molecule has 19 heavy (non-hydrogen) atoms. The first kappa shape index (κ1) is 16.0. The number of hydrogen-bond acceptors (Lipinski definition) is 3. The molecule has 0 amide bonds. The third kappa shape index (κ3) is 4.49. The second-order valence-electron chi connectivity index (χ2n) is 5.63. The third-order valence-electron chi connectivity index (χ3n) is 3.08. The SMILES string of the molecule is COc1ccc([N+](=O)[O-])cc1CCC(Br)C(C)(C)C. The first-order valence-corrected chi connectivity index (χ1v) is 7.12. The number of alkyl halides is 1. The largest absolute Gasteiger partial charge is 0.496 e. The summed E-state index contributed by atoms with van der Waals surface area (Å²) >= 11 is 3.68. The molecule has 0 saturated heterocycles. The zero-order valence-corrected chi connectivity index (χ0v) is 13.4. The molecule has 0 aliphatic carbocycles. The topological polar surface area (TPSA) is 52.4 Å². The fourth-order valence-corrected chi connectivity index (χ4v) is 2.02. The van der Waals surface area contributed by atoms with E-state index in [1.165, 1.54) is 6.07 Å². The van der Waals surface area contributed by atoms with Gasteiger partial charge in [-0.25, -0.2) is 0 Å². The molecule has 0 radical (unpaired) electrons. The highest BCUT2D eigenvalue weighted by molar-refractivity contribution is 9.09. The highest BCUT2D eigenvalue weighted by Gasteiger charge is 2.22. The molecule has 0 N–H and O–H groups in total. The van der Waals surface area contributed by atoms with Gasteiger partial charge in [-0.05, 0) is 24.3 Å². The van der Waals surface area contributed by atoms with Crippen LogP contribution in [-0.2, 0) is 6.42 Å². The monoisotopic (exact) mass is 329 g/mol. The summed E-state index contributed by atoms with van der Waals surface area (Å²) in [4.78, 5) is 10.8. The van der Waals surface area contributed by atoms with E-state index in [0.29, 0.717) is 10.6 Å². The Hall–Kier alpha value is -1.10. The molecule has 5 heteroatoms. The molecular weight excluding hydrogens is 310 g/mol. The number of hydrogen-bond donors (Lipinski definition) is 0. The van der Waals surface area contributed by atoms with Crippen molar-refractivity contribution in [2.24, 2.45) is 5.41 Å². The maximum absolute atomic E-state index is 10.8. The van der Waals surface area contributed by atoms with Gasteiger partial charge in [0.05, 0.1) is 12.0 Å². The highest BCUT2D eigenvalue weighted by atomic mass is 79.9. The molecule has 4 nitrogen and oxygen atoms in total. The zero-order chi connectivity index (χ0) is 14.6. The summed E-state index contributed by atoms with van der Waals surface area (Å²) in [5, 5.41) is 10.8. The summed E-state index contributed by atoms with van der Waals surface area (Å²) in [5.41, 5.74) is 1.15. The normalized spacial score (nSPS) is 13.1. The van der Waals surface area contributed by atoms with Crippen LogP contribution in [0, 0.1) is 15.5 Å². The number of halogens is 1. The Morgan fingerprint density at radius 1 is 1.42 bits per heavy atom. The molecule has 0 aromatic heterocycles.